The number of fused-ring (bicyclic) bond motifs is 1. The molecule has 6 heteroatoms. The molecule has 0 aliphatic rings. The van der Waals surface area contributed by atoms with Crippen LogP contribution in [0, 0.1) is 0 Å². The van der Waals surface area contributed by atoms with Gasteiger partial charge in [-0.25, -0.2) is 4.98 Å². The van der Waals surface area contributed by atoms with E-state index in [1.807, 2.05) is 65.2 Å². The maximum Gasteiger partial charge on any atom is 0.261 e. The number of para-hydroxylation sites is 1. The first-order chi connectivity index (χ1) is 16.2. The van der Waals surface area contributed by atoms with Gasteiger partial charge in [0.15, 0.2) is 11.5 Å². The van der Waals surface area contributed by atoms with Gasteiger partial charge >= 0.3 is 0 Å². The van der Waals surface area contributed by atoms with E-state index in [1.54, 1.807) is 14.2 Å². The molecule has 0 saturated heterocycles. The molecule has 33 heavy (non-hydrogen) atoms. The zero-order valence-corrected chi connectivity index (χ0v) is 19.1. The van der Waals surface area contributed by atoms with Crippen LogP contribution in [0.2, 0.25) is 0 Å². The SMILES string of the molecule is COc1ccc(CCn2c(CCNCc3ccccc3)nc3ccccc3c2=O)cc1OC. The zero-order chi connectivity index (χ0) is 23.0. The number of hydrogen-bond acceptors (Lipinski definition) is 5. The predicted octanol–water partition coefficient (Wildman–Crippen LogP) is 3.99. The van der Waals surface area contributed by atoms with E-state index in [2.05, 4.69) is 17.4 Å². The largest absolute Gasteiger partial charge is 0.493 e. The van der Waals surface area contributed by atoms with Crippen molar-refractivity contribution >= 4 is 10.9 Å². The lowest BCUT2D eigenvalue weighted by molar-refractivity contribution is 0.354. The second-order valence-corrected chi connectivity index (χ2v) is 7.85. The van der Waals surface area contributed by atoms with Gasteiger partial charge in [-0.15, -0.1) is 0 Å². The summed E-state index contributed by atoms with van der Waals surface area (Å²) in [5, 5.41) is 4.10. The van der Waals surface area contributed by atoms with Crippen LogP contribution in [-0.2, 0) is 25.9 Å². The highest BCUT2D eigenvalue weighted by Gasteiger charge is 2.12. The Morgan fingerprint density at radius 2 is 1.61 bits per heavy atom. The van der Waals surface area contributed by atoms with Gasteiger partial charge < -0.3 is 14.8 Å². The molecule has 1 heterocycles. The Balaban J connectivity index is 1.54. The monoisotopic (exact) mass is 443 g/mol. The molecule has 0 atom stereocenters. The van der Waals surface area contributed by atoms with Crippen molar-refractivity contribution < 1.29 is 9.47 Å². The Morgan fingerprint density at radius 1 is 0.848 bits per heavy atom. The van der Waals surface area contributed by atoms with E-state index in [9.17, 15) is 4.79 Å². The summed E-state index contributed by atoms with van der Waals surface area (Å²) in [5.74, 6) is 2.17. The van der Waals surface area contributed by atoms with E-state index in [0.29, 0.717) is 36.3 Å². The molecule has 6 nitrogen and oxygen atoms in total. The fraction of sp³-hybridized carbons (Fsp3) is 0.259. The van der Waals surface area contributed by atoms with E-state index >= 15 is 0 Å². The molecule has 170 valence electrons. The molecule has 0 amide bonds. The first-order valence-electron chi connectivity index (χ1n) is 11.1. The first-order valence-corrected chi connectivity index (χ1v) is 11.1. The van der Waals surface area contributed by atoms with Crippen molar-refractivity contribution in [3.05, 3.63) is 100 Å². The van der Waals surface area contributed by atoms with E-state index < -0.39 is 0 Å². The first kappa shape index (κ1) is 22.6. The minimum atomic E-state index is -0.000800. The Kier molecular flexibility index (Phi) is 7.37. The van der Waals surface area contributed by atoms with Crippen LogP contribution in [0.25, 0.3) is 10.9 Å². The van der Waals surface area contributed by atoms with Crippen molar-refractivity contribution in [1.82, 2.24) is 14.9 Å². The number of benzene rings is 3. The quantitative estimate of drug-likeness (QED) is 0.376. The summed E-state index contributed by atoms with van der Waals surface area (Å²) in [4.78, 5) is 18.1. The van der Waals surface area contributed by atoms with Crippen LogP contribution in [0.15, 0.2) is 77.6 Å². The van der Waals surface area contributed by atoms with E-state index in [1.165, 1.54) is 5.56 Å². The smallest absolute Gasteiger partial charge is 0.261 e. The van der Waals surface area contributed by atoms with Crippen LogP contribution < -0.4 is 20.3 Å². The molecule has 0 spiro atoms. The molecule has 1 N–H and O–H groups in total. The number of methoxy groups -OCH3 is 2. The summed E-state index contributed by atoms with van der Waals surface area (Å²) in [7, 11) is 3.25. The third kappa shape index (κ3) is 5.41. The molecule has 1 aromatic heterocycles. The van der Waals surface area contributed by atoms with Gasteiger partial charge in [-0.3, -0.25) is 9.36 Å². The van der Waals surface area contributed by atoms with Crippen LogP contribution in [0.4, 0.5) is 0 Å². The van der Waals surface area contributed by atoms with Crippen molar-refractivity contribution in [3.63, 3.8) is 0 Å². The van der Waals surface area contributed by atoms with Gasteiger partial charge in [-0.2, -0.15) is 0 Å². The molecule has 0 aliphatic carbocycles. The fourth-order valence-corrected chi connectivity index (χ4v) is 3.94. The summed E-state index contributed by atoms with van der Waals surface area (Å²) < 4.78 is 12.6. The number of ether oxygens (including phenoxy) is 2. The van der Waals surface area contributed by atoms with Crippen molar-refractivity contribution in [2.75, 3.05) is 20.8 Å². The molecular weight excluding hydrogens is 414 g/mol. The van der Waals surface area contributed by atoms with Gasteiger partial charge in [0.25, 0.3) is 5.56 Å². The molecule has 0 aliphatic heterocycles. The van der Waals surface area contributed by atoms with Gasteiger partial charge in [0.2, 0.25) is 0 Å². The molecule has 0 unspecified atom stereocenters. The van der Waals surface area contributed by atoms with Gasteiger partial charge in [-0.05, 0) is 41.8 Å². The van der Waals surface area contributed by atoms with Crippen molar-refractivity contribution in [2.24, 2.45) is 0 Å². The average Bonchev–Trinajstić information content (AvgIpc) is 2.86. The van der Waals surface area contributed by atoms with Crippen molar-refractivity contribution in [1.29, 1.82) is 0 Å². The van der Waals surface area contributed by atoms with Crippen molar-refractivity contribution in [3.8, 4) is 11.5 Å². The number of aryl methyl sites for hydroxylation is 1. The topological polar surface area (TPSA) is 65.4 Å². The average molecular weight is 444 g/mol. The highest BCUT2D eigenvalue weighted by atomic mass is 16.5. The van der Waals surface area contributed by atoms with Crippen LogP contribution in [0.5, 0.6) is 11.5 Å². The van der Waals surface area contributed by atoms with E-state index in [-0.39, 0.29) is 5.56 Å². The highest BCUT2D eigenvalue weighted by molar-refractivity contribution is 5.77. The number of hydrogen-bond donors (Lipinski definition) is 1. The maximum atomic E-state index is 13.3. The van der Waals surface area contributed by atoms with Gasteiger partial charge in [-0.1, -0.05) is 48.5 Å². The molecule has 3 aromatic carbocycles. The Bertz CT molecular complexity index is 1270. The normalized spacial score (nSPS) is 11.0. The number of nitrogens with one attached hydrogen (secondary N) is 1. The Morgan fingerprint density at radius 3 is 2.39 bits per heavy atom. The minimum absolute atomic E-state index is 0.000800. The molecule has 0 fully saturated rings. The second kappa shape index (κ2) is 10.8. The summed E-state index contributed by atoms with van der Waals surface area (Å²) in [5.41, 5.74) is 3.04. The number of rotatable bonds is 10. The molecule has 0 bridgehead atoms. The minimum Gasteiger partial charge on any atom is -0.493 e. The van der Waals surface area contributed by atoms with Crippen LogP contribution in [-0.4, -0.2) is 30.3 Å². The second-order valence-electron chi connectivity index (χ2n) is 7.85. The lowest BCUT2D eigenvalue weighted by Crippen LogP contribution is -2.28. The van der Waals surface area contributed by atoms with Crippen LogP contribution >= 0.6 is 0 Å². The summed E-state index contributed by atoms with van der Waals surface area (Å²) in [6.45, 7) is 2.06. The fourth-order valence-electron chi connectivity index (χ4n) is 3.94. The zero-order valence-electron chi connectivity index (χ0n) is 19.1. The molecular formula is C27H29N3O3. The number of aromatic nitrogens is 2. The molecule has 0 saturated carbocycles. The molecule has 0 radical (unpaired) electrons. The van der Waals surface area contributed by atoms with Gasteiger partial charge in [0, 0.05) is 26.1 Å². The van der Waals surface area contributed by atoms with Crippen LogP contribution in [0.1, 0.15) is 17.0 Å². The van der Waals surface area contributed by atoms with Gasteiger partial charge in [0.05, 0.1) is 25.1 Å². The highest BCUT2D eigenvalue weighted by Crippen LogP contribution is 2.27. The van der Waals surface area contributed by atoms with E-state index in [4.69, 9.17) is 14.5 Å². The Labute approximate surface area is 193 Å². The number of nitrogens with zero attached hydrogens (tertiary/aromatic N) is 2. The Hall–Kier alpha value is -3.64. The maximum absolute atomic E-state index is 13.3. The summed E-state index contributed by atoms with van der Waals surface area (Å²) in [6.07, 6.45) is 1.35. The summed E-state index contributed by atoms with van der Waals surface area (Å²) >= 11 is 0. The van der Waals surface area contributed by atoms with Crippen molar-refractivity contribution in [2.45, 2.75) is 25.9 Å². The standard InChI is InChI=1S/C27H29N3O3/c1-32-24-13-12-20(18-25(24)33-2)15-17-30-26(14-16-28-19-21-8-4-3-5-9-21)29-23-11-7-6-10-22(23)27(30)31/h3-13,18,28H,14-17,19H2,1-2H3. The van der Waals surface area contributed by atoms with Gasteiger partial charge in [0.1, 0.15) is 5.82 Å². The summed E-state index contributed by atoms with van der Waals surface area (Å²) in [6, 6.07) is 23.7. The lowest BCUT2D eigenvalue weighted by Gasteiger charge is -2.15. The predicted molar refractivity (Wildman–Crippen MR) is 131 cm³/mol. The molecule has 4 rings (SSSR count). The van der Waals surface area contributed by atoms with E-state index in [0.717, 1.165) is 30.0 Å². The third-order valence-corrected chi connectivity index (χ3v) is 5.71. The molecule has 4 aromatic rings. The lowest BCUT2D eigenvalue weighted by atomic mass is 10.1. The third-order valence-electron chi connectivity index (χ3n) is 5.71. The van der Waals surface area contributed by atoms with Crippen LogP contribution in [0.3, 0.4) is 0 Å².